The van der Waals surface area contributed by atoms with E-state index in [-0.39, 0.29) is 18.0 Å². The van der Waals surface area contributed by atoms with E-state index < -0.39 is 12.0 Å². The number of carboxylic acid groups (broad SMARTS) is 1. The van der Waals surface area contributed by atoms with Crippen molar-refractivity contribution < 1.29 is 24.2 Å². The molecule has 0 aromatic heterocycles. The molecule has 0 aliphatic heterocycles. The van der Waals surface area contributed by atoms with Gasteiger partial charge in [0.05, 0.1) is 0 Å². The molecule has 55 heavy (non-hydrogen) atoms. The van der Waals surface area contributed by atoms with E-state index in [1.165, 1.54) is 148 Å². The third-order valence-corrected chi connectivity index (χ3v) is 11.1. The Bertz CT molecular complexity index is 878. The molecule has 0 aromatic rings. The van der Waals surface area contributed by atoms with Crippen molar-refractivity contribution in [2.75, 3.05) is 6.54 Å². The number of carbonyl (C=O) groups excluding carboxylic acids is 2. The number of hydrogen-bond donors (Lipinski definition) is 3. The summed E-state index contributed by atoms with van der Waals surface area (Å²) in [6.07, 6.45) is 48.3. The summed E-state index contributed by atoms with van der Waals surface area (Å²) in [7, 11) is 0. The fourth-order valence-corrected chi connectivity index (χ4v) is 7.45. The second-order valence-electron chi connectivity index (χ2n) is 16.5. The van der Waals surface area contributed by atoms with Gasteiger partial charge in [-0.2, -0.15) is 0 Å². The number of esters is 1. The van der Waals surface area contributed by atoms with E-state index >= 15 is 0 Å². The van der Waals surface area contributed by atoms with Crippen LogP contribution in [-0.4, -0.2) is 41.6 Å². The number of amides is 1. The van der Waals surface area contributed by atoms with Gasteiger partial charge in [-0.05, 0) is 77.2 Å². The van der Waals surface area contributed by atoms with Crippen LogP contribution in [0.3, 0.4) is 0 Å². The fraction of sp³-hybridized carbons (Fsp3) is 0.896. The number of allylic oxidation sites excluding steroid dienone is 2. The normalized spacial score (nSPS) is 12.6. The van der Waals surface area contributed by atoms with Crippen LogP contribution in [0, 0.1) is 0 Å². The van der Waals surface area contributed by atoms with E-state index in [0.29, 0.717) is 32.2 Å². The molecule has 324 valence electrons. The molecule has 0 radical (unpaired) electrons. The number of nitrogens with one attached hydrogen (secondary N) is 1. The van der Waals surface area contributed by atoms with Crippen LogP contribution in [0.1, 0.15) is 258 Å². The van der Waals surface area contributed by atoms with Crippen molar-refractivity contribution >= 4 is 17.8 Å². The van der Waals surface area contributed by atoms with Gasteiger partial charge in [-0.25, -0.2) is 4.79 Å². The lowest BCUT2D eigenvalue weighted by atomic mass is 10.0. The van der Waals surface area contributed by atoms with Gasteiger partial charge < -0.3 is 20.9 Å². The third-order valence-electron chi connectivity index (χ3n) is 11.1. The highest BCUT2D eigenvalue weighted by atomic mass is 16.5. The topological polar surface area (TPSA) is 119 Å². The predicted molar refractivity (Wildman–Crippen MR) is 234 cm³/mol. The summed E-state index contributed by atoms with van der Waals surface area (Å²) in [5.41, 5.74) is 5.49. The average Bonchev–Trinajstić information content (AvgIpc) is 3.17. The molecule has 0 heterocycles. The van der Waals surface area contributed by atoms with Crippen LogP contribution in [0.4, 0.5) is 0 Å². The minimum Gasteiger partial charge on any atom is -0.480 e. The van der Waals surface area contributed by atoms with E-state index in [1.54, 1.807) is 0 Å². The van der Waals surface area contributed by atoms with Gasteiger partial charge in [-0.1, -0.05) is 187 Å². The molecule has 0 aliphatic carbocycles. The molecule has 0 fully saturated rings. The zero-order chi connectivity index (χ0) is 40.3. The number of unbranched alkanes of at least 4 members (excludes halogenated alkanes) is 28. The number of carboxylic acids is 1. The number of rotatable bonds is 44. The Balaban J connectivity index is 4.30. The highest BCUT2D eigenvalue weighted by molar-refractivity contribution is 5.83. The van der Waals surface area contributed by atoms with Gasteiger partial charge >= 0.3 is 11.9 Å². The van der Waals surface area contributed by atoms with E-state index in [0.717, 1.165) is 70.6 Å². The maximum absolute atomic E-state index is 12.8. The molecule has 0 bridgehead atoms. The molecule has 7 nitrogen and oxygen atoms in total. The maximum atomic E-state index is 12.8. The summed E-state index contributed by atoms with van der Waals surface area (Å²) in [5, 5.41) is 12.0. The Morgan fingerprint density at radius 2 is 0.909 bits per heavy atom. The minimum atomic E-state index is -1.00. The highest BCUT2D eigenvalue weighted by Crippen LogP contribution is 2.19. The summed E-state index contributed by atoms with van der Waals surface area (Å²) in [4.78, 5) is 36.5. The number of carbonyl (C=O) groups is 3. The zero-order valence-electron chi connectivity index (χ0n) is 36.5. The molecule has 0 saturated heterocycles. The smallest absolute Gasteiger partial charge is 0.326 e. The first kappa shape index (κ1) is 53.1. The molecule has 1 amide bonds. The Kier molecular flexibility index (Phi) is 41.8. The predicted octanol–water partition coefficient (Wildman–Crippen LogP) is 13.8. The van der Waals surface area contributed by atoms with Crippen molar-refractivity contribution in [3.05, 3.63) is 12.2 Å². The Hall–Kier alpha value is -1.89. The molecule has 2 unspecified atom stereocenters. The maximum Gasteiger partial charge on any atom is 0.326 e. The van der Waals surface area contributed by atoms with E-state index in [1.807, 2.05) is 0 Å². The van der Waals surface area contributed by atoms with Gasteiger partial charge in [-0.15, -0.1) is 0 Å². The third kappa shape index (κ3) is 40.1. The molecule has 0 aliphatic rings. The first-order chi connectivity index (χ1) is 26.9. The Morgan fingerprint density at radius 3 is 1.38 bits per heavy atom. The first-order valence-corrected chi connectivity index (χ1v) is 24.0. The van der Waals surface area contributed by atoms with Gasteiger partial charge in [0.2, 0.25) is 5.91 Å². The lowest BCUT2D eigenvalue weighted by molar-refractivity contribution is -0.150. The number of nitrogens with two attached hydrogens (primary N) is 1. The Labute approximate surface area is 340 Å². The van der Waals surface area contributed by atoms with E-state index in [4.69, 9.17) is 10.5 Å². The lowest BCUT2D eigenvalue weighted by Crippen LogP contribution is -2.40. The Morgan fingerprint density at radius 1 is 0.509 bits per heavy atom. The molecule has 0 saturated carbocycles. The van der Waals surface area contributed by atoms with E-state index in [9.17, 15) is 19.5 Å². The van der Waals surface area contributed by atoms with Crippen molar-refractivity contribution in [3.63, 3.8) is 0 Å². The molecule has 0 rings (SSSR count). The van der Waals surface area contributed by atoms with Crippen molar-refractivity contribution in [2.24, 2.45) is 5.73 Å². The molecule has 2 atom stereocenters. The van der Waals surface area contributed by atoms with Gasteiger partial charge in [0.15, 0.2) is 0 Å². The monoisotopic (exact) mass is 777 g/mol. The standard InChI is InChI=1S/C48H92N2O5/c1-3-5-7-9-11-13-15-17-18-19-21-23-25-27-32-36-42-47(52)55-44(38-33-29-26-24-22-20-16-14-12-10-8-6-4-2)39-34-30-28-31-35-41-46(51)50-45(48(53)54)40-37-43-49/h24,26,44-45H,3-23,25,27-43,49H2,1-2H3,(H,50,51)(H,53,54)/b26-24-. The fourth-order valence-electron chi connectivity index (χ4n) is 7.45. The van der Waals surface area contributed by atoms with Crippen LogP contribution in [-0.2, 0) is 19.1 Å². The minimum absolute atomic E-state index is 0.0121. The molecular formula is C48H92N2O5. The zero-order valence-corrected chi connectivity index (χ0v) is 36.5. The van der Waals surface area contributed by atoms with Gasteiger partial charge in [-0.3, -0.25) is 9.59 Å². The van der Waals surface area contributed by atoms with Crippen LogP contribution in [0.5, 0.6) is 0 Å². The van der Waals surface area contributed by atoms with Gasteiger partial charge in [0.25, 0.3) is 0 Å². The molecular weight excluding hydrogens is 685 g/mol. The van der Waals surface area contributed by atoms with Gasteiger partial charge in [0.1, 0.15) is 12.1 Å². The van der Waals surface area contributed by atoms with Crippen LogP contribution in [0.15, 0.2) is 12.2 Å². The number of ether oxygens (including phenoxy) is 1. The summed E-state index contributed by atoms with van der Waals surface area (Å²) in [5.74, 6) is -1.23. The van der Waals surface area contributed by atoms with Crippen molar-refractivity contribution in [1.29, 1.82) is 0 Å². The first-order valence-electron chi connectivity index (χ1n) is 24.0. The molecule has 4 N–H and O–H groups in total. The quantitative estimate of drug-likeness (QED) is 0.0322. The molecule has 0 spiro atoms. The van der Waals surface area contributed by atoms with Crippen LogP contribution in [0.2, 0.25) is 0 Å². The van der Waals surface area contributed by atoms with Crippen LogP contribution < -0.4 is 11.1 Å². The highest BCUT2D eigenvalue weighted by Gasteiger charge is 2.19. The SMILES string of the molecule is CCCCCCCCCC/C=C\CCCC(CCCCCCCC(=O)NC(CCCN)C(=O)O)OC(=O)CCCCCCCCCCCCCCCCCC. The summed E-state index contributed by atoms with van der Waals surface area (Å²) in [6, 6.07) is -0.856. The molecule has 0 aromatic carbocycles. The van der Waals surface area contributed by atoms with Crippen molar-refractivity contribution in [3.8, 4) is 0 Å². The largest absolute Gasteiger partial charge is 0.480 e. The number of hydrogen-bond acceptors (Lipinski definition) is 5. The second kappa shape index (κ2) is 43.2. The van der Waals surface area contributed by atoms with E-state index in [2.05, 4.69) is 31.3 Å². The second-order valence-corrected chi connectivity index (χ2v) is 16.5. The summed E-state index contributed by atoms with van der Waals surface area (Å²) >= 11 is 0. The van der Waals surface area contributed by atoms with Crippen molar-refractivity contribution in [2.45, 2.75) is 270 Å². The van der Waals surface area contributed by atoms with Crippen LogP contribution in [0.25, 0.3) is 0 Å². The summed E-state index contributed by atoms with van der Waals surface area (Å²) in [6.45, 7) is 4.96. The molecule has 7 heteroatoms. The lowest BCUT2D eigenvalue weighted by Gasteiger charge is -2.18. The van der Waals surface area contributed by atoms with Gasteiger partial charge in [0, 0.05) is 12.8 Å². The van der Waals surface area contributed by atoms with Crippen LogP contribution >= 0.6 is 0 Å². The van der Waals surface area contributed by atoms with Crippen molar-refractivity contribution in [1.82, 2.24) is 5.32 Å². The average molecular weight is 777 g/mol. The summed E-state index contributed by atoms with van der Waals surface area (Å²) < 4.78 is 6.05. The number of aliphatic carboxylic acids is 1.